The molecule has 0 amide bonds. The molecule has 4 heteroatoms. The van der Waals surface area contributed by atoms with Crippen LogP contribution in [0.5, 0.6) is 0 Å². The number of fused-ring (bicyclic) bond motifs is 1. The molecular formula is C12H17N3O. The van der Waals surface area contributed by atoms with Crippen LogP contribution in [0.1, 0.15) is 31.8 Å². The summed E-state index contributed by atoms with van der Waals surface area (Å²) in [6.45, 7) is 4.08. The topological polar surface area (TPSA) is 64.1 Å². The van der Waals surface area contributed by atoms with Gasteiger partial charge in [0.2, 0.25) is 0 Å². The second-order valence-electron chi connectivity index (χ2n) is 4.21. The highest BCUT2D eigenvalue weighted by Crippen LogP contribution is 2.23. The molecule has 86 valence electrons. The van der Waals surface area contributed by atoms with Crippen LogP contribution in [-0.2, 0) is 0 Å². The van der Waals surface area contributed by atoms with Gasteiger partial charge in [0.25, 0.3) is 0 Å². The molecule has 0 fully saturated rings. The van der Waals surface area contributed by atoms with Gasteiger partial charge in [-0.25, -0.2) is 4.98 Å². The van der Waals surface area contributed by atoms with Gasteiger partial charge < -0.3 is 15.4 Å². The van der Waals surface area contributed by atoms with Gasteiger partial charge in [-0.05, 0) is 26.0 Å². The Morgan fingerprint density at radius 1 is 1.38 bits per heavy atom. The Balaban J connectivity index is 2.68. The van der Waals surface area contributed by atoms with E-state index in [9.17, 15) is 0 Å². The largest absolute Gasteiger partial charge is 0.394 e. The van der Waals surface area contributed by atoms with Crippen molar-refractivity contribution in [3.8, 4) is 0 Å². The first-order valence-corrected chi connectivity index (χ1v) is 5.48. The molecule has 0 aliphatic rings. The van der Waals surface area contributed by atoms with E-state index in [4.69, 9.17) is 10.8 Å². The van der Waals surface area contributed by atoms with Gasteiger partial charge in [-0.2, -0.15) is 0 Å². The minimum Gasteiger partial charge on any atom is -0.394 e. The molecule has 1 aromatic carbocycles. The molecule has 0 saturated carbocycles. The second-order valence-corrected chi connectivity index (χ2v) is 4.21. The van der Waals surface area contributed by atoms with E-state index in [2.05, 4.69) is 23.4 Å². The zero-order valence-corrected chi connectivity index (χ0v) is 9.59. The summed E-state index contributed by atoms with van der Waals surface area (Å²) in [5.41, 5.74) is 7.86. The summed E-state index contributed by atoms with van der Waals surface area (Å²) >= 11 is 0. The number of nitrogens with zero attached hydrogens (tertiary/aromatic N) is 2. The fraction of sp³-hybridized carbons (Fsp3) is 0.417. The van der Waals surface area contributed by atoms with Crippen LogP contribution in [0.25, 0.3) is 11.0 Å². The van der Waals surface area contributed by atoms with Crippen LogP contribution in [-0.4, -0.2) is 21.3 Å². The van der Waals surface area contributed by atoms with Crippen molar-refractivity contribution in [3.05, 3.63) is 30.1 Å². The molecule has 1 unspecified atom stereocenters. The number of rotatable bonds is 3. The average molecular weight is 219 g/mol. The molecule has 0 saturated heterocycles. The molecule has 0 radical (unpaired) electrons. The molecule has 1 aromatic heterocycles. The van der Waals surface area contributed by atoms with Gasteiger partial charge in [0.05, 0.1) is 23.7 Å². The molecule has 3 N–H and O–H groups in total. The number of benzene rings is 1. The molecule has 2 rings (SSSR count). The lowest BCUT2D eigenvalue weighted by atomic mass is 10.2. The maximum atomic E-state index is 9.14. The van der Waals surface area contributed by atoms with Gasteiger partial charge in [0, 0.05) is 6.04 Å². The van der Waals surface area contributed by atoms with E-state index in [1.807, 2.05) is 24.3 Å². The average Bonchev–Trinajstić information content (AvgIpc) is 2.67. The number of aromatic nitrogens is 2. The normalized spacial score (nSPS) is 13.6. The Morgan fingerprint density at radius 2 is 2.06 bits per heavy atom. The Kier molecular flexibility index (Phi) is 2.94. The zero-order valence-electron chi connectivity index (χ0n) is 9.59. The zero-order chi connectivity index (χ0) is 11.7. The molecule has 2 aromatic rings. The van der Waals surface area contributed by atoms with Crippen LogP contribution in [0, 0.1) is 0 Å². The van der Waals surface area contributed by atoms with E-state index >= 15 is 0 Å². The fourth-order valence-corrected chi connectivity index (χ4v) is 1.95. The van der Waals surface area contributed by atoms with E-state index in [1.54, 1.807) is 0 Å². The van der Waals surface area contributed by atoms with Crippen LogP contribution in [0.4, 0.5) is 0 Å². The van der Waals surface area contributed by atoms with Crippen molar-refractivity contribution < 1.29 is 5.11 Å². The maximum absolute atomic E-state index is 9.14. The third kappa shape index (κ3) is 1.70. The van der Waals surface area contributed by atoms with Gasteiger partial charge in [0.1, 0.15) is 5.82 Å². The monoisotopic (exact) mass is 219 g/mol. The Bertz CT molecular complexity index is 490. The number of para-hydroxylation sites is 2. The van der Waals surface area contributed by atoms with Gasteiger partial charge in [-0.1, -0.05) is 12.1 Å². The van der Waals surface area contributed by atoms with Crippen molar-refractivity contribution in [1.29, 1.82) is 0 Å². The minimum absolute atomic E-state index is 0.0873. The summed E-state index contributed by atoms with van der Waals surface area (Å²) in [6, 6.07) is 7.78. The Hall–Kier alpha value is -1.39. The van der Waals surface area contributed by atoms with Gasteiger partial charge in [-0.3, -0.25) is 0 Å². The first kappa shape index (κ1) is 11.1. The molecule has 1 heterocycles. The highest BCUT2D eigenvalue weighted by Gasteiger charge is 2.17. The highest BCUT2D eigenvalue weighted by molar-refractivity contribution is 5.76. The number of imidazole rings is 1. The quantitative estimate of drug-likeness (QED) is 0.824. The molecular weight excluding hydrogens is 202 g/mol. The van der Waals surface area contributed by atoms with Crippen molar-refractivity contribution in [3.63, 3.8) is 0 Å². The van der Waals surface area contributed by atoms with Crippen molar-refractivity contribution in [2.45, 2.75) is 25.9 Å². The third-order valence-corrected chi connectivity index (χ3v) is 2.67. The molecule has 0 bridgehead atoms. The Labute approximate surface area is 94.7 Å². The molecule has 0 aliphatic heterocycles. The number of hydrogen-bond donors (Lipinski definition) is 2. The summed E-state index contributed by atoms with van der Waals surface area (Å²) in [6.07, 6.45) is 0. The first-order chi connectivity index (χ1) is 7.65. The lowest BCUT2D eigenvalue weighted by Gasteiger charge is -2.15. The van der Waals surface area contributed by atoms with E-state index in [0.717, 1.165) is 16.9 Å². The van der Waals surface area contributed by atoms with Crippen LogP contribution in [0.3, 0.4) is 0 Å². The molecule has 4 nitrogen and oxygen atoms in total. The lowest BCUT2D eigenvalue weighted by Crippen LogP contribution is -2.20. The predicted octanol–water partition coefficient (Wildman–Crippen LogP) is 1.61. The molecule has 16 heavy (non-hydrogen) atoms. The summed E-state index contributed by atoms with van der Waals surface area (Å²) in [5.74, 6) is 0.749. The molecule has 0 aliphatic carbocycles. The van der Waals surface area contributed by atoms with Gasteiger partial charge >= 0.3 is 0 Å². The van der Waals surface area contributed by atoms with Crippen molar-refractivity contribution in [2.75, 3.05) is 6.61 Å². The number of hydrogen-bond acceptors (Lipinski definition) is 3. The summed E-state index contributed by atoms with van der Waals surface area (Å²) in [7, 11) is 0. The van der Waals surface area contributed by atoms with Crippen LogP contribution in [0.15, 0.2) is 24.3 Å². The van der Waals surface area contributed by atoms with E-state index in [1.165, 1.54) is 0 Å². The smallest absolute Gasteiger partial charge is 0.129 e. The van der Waals surface area contributed by atoms with E-state index in [-0.39, 0.29) is 12.6 Å². The second kappa shape index (κ2) is 4.23. The molecule has 1 atom stereocenters. The third-order valence-electron chi connectivity index (χ3n) is 2.67. The predicted molar refractivity (Wildman–Crippen MR) is 64.1 cm³/mol. The first-order valence-electron chi connectivity index (χ1n) is 5.48. The van der Waals surface area contributed by atoms with Crippen molar-refractivity contribution in [2.24, 2.45) is 5.73 Å². The Morgan fingerprint density at radius 3 is 2.69 bits per heavy atom. The van der Waals surface area contributed by atoms with Crippen LogP contribution in [0.2, 0.25) is 0 Å². The summed E-state index contributed by atoms with van der Waals surface area (Å²) in [5, 5.41) is 9.14. The summed E-state index contributed by atoms with van der Waals surface area (Å²) in [4.78, 5) is 4.48. The number of nitrogens with two attached hydrogens (primary N) is 1. The van der Waals surface area contributed by atoms with E-state index < -0.39 is 6.04 Å². The van der Waals surface area contributed by atoms with Crippen LogP contribution < -0.4 is 5.73 Å². The SMILES string of the molecule is CC(C)n1c(C(N)CO)nc2ccccc21. The van der Waals surface area contributed by atoms with E-state index in [0.29, 0.717) is 0 Å². The van der Waals surface area contributed by atoms with Gasteiger partial charge in [0.15, 0.2) is 0 Å². The fourth-order valence-electron chi connectivity index (χ4n) is 1.95. The van der Waals surface area contributed by atoms with Gasteiger partial charge in [-0.15, -0.1) is 0 Å². The minimum atomic E-state index is -0.421. The maximum Gasteiger partial charge on any atom is 0.129 e. The van der Waals surface area contributed by atoms with Crippen molar-refractivity contribution in [1.82, 2.24) is 9.55 Å². The molecule has 0 spiro atoms. The van der Waals surface area contributed by atoms with Crippen LogP contribution >= 0.6 is 0 Å². The summed E-state index contributed by atoms with van der Waals surface area (Å²) < 4.78 is 2.08. The highest BCUT2D eigenvalue weighted by atomic mass is 16.3. The number of aliphatic hydroxyl groups excluding tert-OH is 1. The van der Waals surface area contributed by atoms with Crippen molar-refractivity contribution >= 4 is 11.0 Å². The standard InChI is InChI=1S/C12H17N3O/c1-8(2)15-11-6-4-3-5-10(11)14-12(15)9(13)7-16/h3-6,8-9,16H,7,13H2,1-2H3. The number of aliphatic hydroxyl groups is 1. The lowest BCUT2D eigenvalue weighted by molar-refractivity contribution is 0.260.